The first-order valence-corrected chi connectivity index (χ1v) is 11.5. The third-order valence-electron chi connectivity index (χ3n) is 3.44. The van der Waals surface area contributed by atoms with Gasteiger partial charge in [-0.15, -0.1) is 0 Å². The summed E-state index contributed by atoms with van der Waals surface area (Å²) in [6, 6.07) is 14.1. The molecule has 0 saturated heterocycles. The van der Waals surface area contributed by atoms with Crippen molar-refractivity contribution in [3.8, 4) is 0 Å². The Kier molecular flexibility index (Phi) is 7.11. The molecule has 0 spiro atoms. The molecule has 0 bridgehead atoms. The van der Waals surface area contributed by atoms with E-state index in [-0.39, 0.29) is 5.25 Å². The molecule has 2 atom stereocenters. The van der Waals surface area contributed by atoms with Crippen molar-refractivity contribution in [3.05, 3.63) is 42.5 Å². The fourth-order valence-electron chi connectivity index (χ4n) is 2.12. The average Bonchev–Trinajstić information content (AvgIpc) is 2.54. The summed E-state index contributed by atoms with van der Waals surface area (Å²) in [5, 5.41) is 8.77. The summed E-state index contributed by atoms with van der Waals surface area (Å²) < 4.78 is 18.4. The first-order chi connectivity index (χ1) is 11.5. The van der Waals surface area contributed by atoms with E-state index in [1.807, 2.05) is 50.2 Å². The smallest absolute Gasteiger partial charge is 0.332 e. The third kappa shape index (κ3) is 5.49. The van der Waals surface area contributed by atoms with Crippen LogP contribution in [0.15, 0.2) is 42.5 Å². The number of thiocarbonyl (C=S) groups is 1. The van der Waals surface area contributed by atoms with Gasteiger partial charge in [0.25, 0.3) is 0 Å². The summed E-state index contributed by atoms with van der Waals surface area (Å²) in [7, 11) is 0. The molecular formula is C17H23N2O2PS2. The summed E-state index contributed by atoms with van der Waals surface area (Å²) in [6.07, 6.45) is 0.911. The molecular weight excluding hydrogens is 359 g/mol. The highest BCUT2D eigenvalue weighted by molar-refractivity contribution is 8.56. The molecule has 0 heterocycles. The lowest BCUT2D eigenvalue weighted by Gasteiger charge is -2.22. The van der Waals surface area contributed by atoms with Crippen LogP contribution in [0.2, 0.25) is 0 Å². The highest BCUT2D eigenvalue weighted by Crippen LogP contribution is 2.58. The van der Waals surface area contributed by atoms with Gasteiger partial charge in [-0.05, 0) is 59.8 Å². The average molecular weight is 382 g/mol. The Morgan fingerprint density at radius 2 is 1.96 bits per heavy atom. The van der Waals surface area contributed by atoms with Gasteiger partial charge in [-0.1, -0.05) is 44.2 Å². The minimum absolute atomic E-state index is 0.221. The number of nitrogens with one attached hydrogen (secondary N) is 2. The van der Waals surface area contributed by atoms with Gasteiger partial charge in [-0.25, -0.2) is 0 Å². The molecule has 0 amide bonds. The molecule has 0 aliphatic carbocycles. The fraction of sp³-hybridized carbons (Fsp3) is 0.353. The maximum absolute atomic E-state index is 12.9. The molecule has 4 nitrogen and oxygen atoms in total. The van der Waals surface area contributed by atoms with Crippen LogP contribution in [0.1, 0.15) is 27.2 Å². The van der Waals surface area contributed by atoms with E-state index < -0.39 is 6.72 Å². The van der Waals surface area contributed by atoms with Crippen LogP contribution in [-0.2, 0) is 9.09 Å². The molecule has 2 aromatic rings. The van der Waals surface area contributed by atoms with Gasteiger partial charge in [0.05, 0.1) is 6.61 Å². The molecule has 130 valence electrons. The zero-order valence-corrected chi connectivity index (χ0v) is 16.6. The molecule has 24 heavy (non-hydrogen) atoms. The van der Waals surface area contributed by atoms with Gasteiger partial charge in [0.15, 0.2) is 5.11 Å². The molecule has 0 radical (unpaired) electrons. The number of benzene rings is 2. The fourth-order valence-corrected chi connectivity index (χ4v) is 7.02. The van der Waals surface area contributed by atoms with Crippen molar-refractivity contribution in [1.82, 2.24) is 5.09 Å². The summed E-state index contributed by atoms with van der Waals surface area (Å²) in [5.74, 6) is 0. The van der Waals surface area contributed by atoms with Crippen LogP contribution in [0.4, 0.5) is 5.69 Å². The Bertz CT molecular complexity index is 754. The Balaban J connectivity index is 2.07. The van der Waals surface area contributed by atoms with Gasteiger partial charge in [0, 0.05) is 10.9 Å². The number of hydrogen-bond acceptors (Lipinski definition) is 4. The van der Waals surface area contributed by atoms with E-state index in [1.165, 1.54) is 11.4 Å². The van der Waals surface area contributed by atoms with Crippen LogP contribution in [0, 0.1) is 0 Å². The number of anilines is 1. The van der Waals surface area contributed by atoms with E-state index in [0.29, 0.717) is 11.7 Å². The highest BCUT2D eigenvalue weighted by atomic mass is 32.7. The van der Waals surface area contributed by atoms with Crippen molar-refractivity contribution in [3.63, 3.8) is 0 Å². The second kappa shape index (κ2) is 8.86. The third-order valence-corrected chi connectivity index (χ3v) is 8.36. The zero-order chi connectivity index (χ0) is 17.6. The largest absolute Gasteiger partial charge is 0.353 e. The molecule has 2 unspecified atom stereocenters. The first-order valence-electron chi connectivity index (χ1n) is 7.97. The van der Waals surface area contributed by atoms with Gasteiger partial charge in [0.1, 0.15) is 0 Å². The zero-order valence-electron chi connectivity index (χ0n) is 14.1. The maximum Gasteiger partial charge on any atom is 0.353 e. The Labute approximate surface area is 153 Å². The van der Waals surface area contributed by atoms with Crippen LogP contribution in [-0.4, -0.2) is 17.0 Å². The van der Waals surface area contributed by atoms with Gasteiger partial charge in [-0.3, -0.25) is 9.65 Å². The molecule has 7 heteroatoms. The van der Waals surface area contributed by atoms with E-state index >= 15 is 0 Å². The quantitative estimate of drug-likeness (QED) is 0.466. The Hall–Kier alpha value is -1.07. The number of rotatable bonds is 7. The van der Waals surface area contributed by atoms with E-state index in [2.05, 4.69) is 23.4 Å². The second-order valence-corrected chi connectivity index (χ2v) is 10.3. The second-order valence-electron chi connectivity index (χ2n) is 5.37. The van der Waals surface area contributed by atoms with Crippen molar-refractivity contribution < 1.29 is 9.09 Å². The van der Waals surface area contributed by atoms with Crippen LogP contribution in [0.3, 0.4) is 0 Å². The van der Waals surface area contributed by atoms with E-state index in [0.717, 1.165) is 22.9 Å². The van der Waals surface area contributed by atoms with Crippen molar-refractivity contribution in [2.75, 3.05) is 11.9 Å². The topological polar surface area (TPSA) is 50.4 Å². The molecule has 2 aromatic carbocycles. The van der Waals surface area contributed by atoms with Gasteiger partial charge in [0.2, 0.25) is 0 Å². The minimum atomic E-state index is -3.07. The van der Waals surface area contributed by atoms with Crippen LogP contribution < -0.4 is 10.4 Å². The summed E-state index contributed by atoms with van der Waals surface area (Å²) in [6.45, 7) is 3.20. The highest BCUT2D eigenvalue weighted by Gasteiger charge is 2.27. The molecule has 0 fully saturated rings. The lowest BCUT2D eigenvalue weighted by molar-refractivity contribution is 0.343. The first kappa shape index (κ1) is 19.3. The summed E-state index contributed by atoms with van der Waals surface area (Å²) in [4.78, 5) is 0. The predicted molar refractivity (Wildman–Crippen MR) is 110 cm³/mol. The SMILES string of the molecule is CCOP(=O)(NC(=S)Nc1ccc2ccccc2c1)SC(C)CC. The molecule has 0 saturated carbocycles. The Morgan fingerprint density at radius 1 is 1.25 bits per heavy atom. The van der Waals surface area contributed by atoms with Gasteiger partial charge < -0.3 is 9.84 Å². The minimum Gasteiger partial charge on any atom is -0.332 e. The molecule has 0 aliphatic heterocycles. The van der Waals surface area contributed by atoms with E-state index in [4.69, 9.17) is 16.7 Å². The predicted octanol–water partition coefficient (Wildman–Crippen LogP) is 5.80. The molecule has 2 N–H and O–H groups in total. The maximum atomic E-state index is 12.9. The number of fused-ring (bicyclic) bond motifs is 1. The molecule has 2 rings (SSSR count). The van der Waals surface area contributed by atoms with Crippen LogP contribution in [0.5, 0.6) is 0 Å². The van der Waals surface area contributed by atoms with E-state index in [9.17, 15) is 4.57 Å². The van der Waals surface area contributed by atoms with Crippen LogP contribution in [0.25, 0.3) is 10.8 Å². The van der Waals surface area contributed by atoms with Crippen molar-refractivity contribution in [1.29, 1.82) is 0 Å². The lowest BCUT2D eigenvalue weighted by Crippen LogP contribution is -2.26. The number of hydrogen-bond donors (Lipinski definition) is 2. The van der Waals surface area contributed by atoms with Crippen LogP contribution >= 0.6 is 30.3 Å². The van der Waals surface area contributed by atoms with Gasteiger partial charge in [-0.2, -0.15) is 0 Å². The Morgan fingerprint density at radius 3 is 2.62 bits per heavy atom. The van der Waals surface area contributed by atoms with E-state index in [1.54, 1.807) is 0 Å². The van der Waals surface area contributed by atoms with Gasteiger partial charge >= 0.3 is 6.72 Å². The normalized spacial score (nSPS) is 14.8. The lowest BCUT2D eigenvalue weighted by atomic mass is 10.1. The van der Waals surface area contributed by atoms with Crippen molar-refractivity contribution >= 4 is 51.9 Å². The molecule has 0 aromatic heterocycles. The monoisotopic (exact) mass is 382 g/mol. The standard InChI is InChI=1S/C17H23N2O2PS2/c1-4-13(3)24-22(20,21-5-2)19-17(23)18-16-11-10-14-8-6-7-9-15(14)12-16/h6-13H,4-5H2,1-3H3,(H2,18,19,20,23). The molecule has 0 aliphatic rings. The summed E-state index contributed by atoms with van der Waals surface area (Å²) in [5.41, 5.74) is 0.850. The van der Waals surface area contributed by atoms with Crippen molar-refractivity contribution in [2.24, 2.45) is 0 Å². The summed E-state index contributed by atoms with van der Waals surface area (Å²) >= 11 is 6.63. The van der Waals surface area contributed by atoms with Crippen molar-refractivity contribution in [2.45, 2.75) is 32.4 Å².